The molecule has 3 aromatic rings. The van der Waals surface area contributed by atoms with Crippen LogP contribution in [-0.2, 0) is 0 Å². The number of aromatic nitrogens is 3. The topological polar surface area (TPSA) is 66.4 Å². The number of nitrogens with zero attached hydrogens (tertiary/aromatic N) is 4. The fourth-order valence-corrected chi connectivity index (χ4v) is 3.95. The van der Waals surface area contributed by atoms with Gasteiger partial charge in [-0.25, -0.2) is 14.5 Å². The number of H-pyrrole nitrogens is 1. The van der Waals surface area contributed by atoms with Crippen LogP contribution in [0.2, 0.25) is 0 Å². The molecule has 0 bridgehead atoms. The Bertz CT molecular complexity index is 974. The summed E-state index contributed by atoms with van der Waals surface area (Å²) >= 11 is 3.65. The minimum Gasteiger partial charge on any atom is -0.497 e. The van der Waals surface area contributed by atoms with Gasteiger partial charge in [0, 0.05) is 36.3 Å². The lowest BCUT2D eigenvalue weighted by Gasteiger charge is -2.37. The van der Waals surface area contributed by atoms with Crippen molar-refractivity contribution >= 4 is 27.3 Å². The van der Waals surface area contributed by atoms with Crippen LogP contribution in [0.15, 0.2) is 58.1 Å². The Morgan fingerprint density at radius 1 is 1.00 bits per heavy atom. The van der Waals surface area contributed by atoms with Crippen LogP contribution in [0.25, 0.3) is 5.69 Å². The van der Waals surface area contributed by atoms with Gasteiger partial charge < -0.3 is 14.5 Å². The molecule has 0 unspecified atom stereocenters. The van der Waals surface area contributed by atoms with Crippen LogP contribution in [-0.4, -0.2) is 48.1 Å². The van der Waals surface area contributed by atoms with Crippen LogP contribution < -0.4 is 20.2 Å². The zero-order chi connectivity index (χ0) is 18.8. The Labute approximate surface area is 165 Å². The van der Waals surface area contributed by atoms with E-state index in [1.807, 2.05) is 30.3 Å². The van der Waals surface area contributed by atoms with E-state index in [-0.39, 0.29) is 5.69 Å². The minimum absolute atomic E-state index is 0.247. The summed E-state index contributed by atoms with van der Waals surface area (Å²) in [5, 5.41) is 6.18. The van der Waals surface area contributed by atoms with Crippen LogP contribution in [0.1, 0.15) is 0 Å². The molecule has 1 aliphatic heterocycles. The number of hydrogen-bond donors (Lipinski definition) is 1. The smallest absolute Gasteiger partial charge is 0.347 e. The molecule has 0 aliphatic carbocycles. The van der Waals surface area contributed by atoms with E-state index in [0.29, 0.717) is 0 Å². The van der Waals surface area contributed by atoms with Crippen molar-refractivity contribution in [3.8, 4) is 11.4 Å². The fourth-order valence-electron chi connectivity index (χ4n) is 3.33. The average molecular weight is 430 g/mol. The van der Waals surface area contributed by atoms with Crippen molar-refractivity contribution in [3.63, 3.8) is 0 Å². The van der Waals surface area contributed by atoms with Gasteiger partial charge >= 0.3 is 5.69 Å². The van der Waals surface area contributed by atoms with Crippen LogP contribution in [0.4, 0.5) is 11.4 Å². The lowest BCUT2D eigenvalue weighted by Crippen LogP contribution is -2.46. The number of hydrogen-bond acceptors (Lipinski definition) is 5. The third-order valence-electron chi connectivity index (χ3n) is 4.82. The molecule has 2 heterocycles. The monoisotopic (exact) mass is 429 g/mol. The highest BCUT2D eigenvalue weighted by atomic mass is 79.9. The fraction of sp³-hybridized carbons (Fsp3) is 0.263. The van der Waals surface area contributed by atoms with Gasteiger partial charge in [0.25, 0.3) is 0 Å². The van der Waals surface area contributed by atoms with Crippen molar-refractivity contribution < 1.29 is 4.74 Å². The standard InChI is InChI=1S/C19H20BrN5O2/c1-27-16-5-2-14(3-6-16)23-8-10-24(11-9-23)18-7-4-15(12-17(18)20)25-13-21-22-19(25)26/h2-7,12-13H,8-11H2,1H3,(H,22,26). The van der Waals surface area contributed by atoms with E-state index in [9.17, 15) is 4.79 Å². The SMILES string of the molecule is COc1ccc(N2CCN(c3ccc(-n4cn[nH]c4=O)cc3Br)CC2)cc1. The Kier molecular flexibility index (Phi) is 4.89. The molecule has 4 rings (SSSR count). The summed E-state index contributed by atoms with van der Waals surface area (Å²) in [6.07, 6.45) is 1.48. The first-order chi connectivity index (χ1) is 13.2. The van der Waals surface area contributed by atoms with E-state index >= 15 is 0 Å². The quantitative estimate of drug-likeness (QED) is 0.690. The molecule has 0 saturated carbocycles. The van der Waals surface area contributed by atoms with Gasteiger partial charge in [0.05, 0.1) is 18.5 Å². The maximum absolute atomic E-state index is 11.7. The van der Waals surface area contributed by atoms with Crippen LogP contribution >= 0.6 is 15.9 Å². The van der Waals surface area contributed by atoms with Crippen LogP contribution in [0, 0.1) is 0 Å². The Morgan fingerprint density at radius 3 is 2.26 bits per heavy atom. The molecule has 140 valence electrons. The Morgan fingerprint density at radius 2 is 1.67 bits per heavy atom. The summed E-state index contributed by atoms with van der Waals surface area (Å²) in [4.78, 5) is 16.5. The number of methoxy groups -OCH3 is 1. The maximum Gasteiger partial charge on any atom is 0.347 e. The molecule has 0 radical (unpaired) electrons. The first-order valence-corrected chi connectivity index (χ1v) is 9.51. The van der Waals surface area contributed by atoms with Gasteiger partial charge in [0.2, 0.25) is 0 Å². The van der Waals surface area contributed by atoms with E-state index in [1.54, 1.807) is 7.11 Å². The number of nitrogens with one attached hydrogen (secondary N) is 1. The van der Waals surface area contributed by atoms with Crippen molar-refractivity contribution in [2.24, 2.45) is 0 Å². The van der Waals surface area contributed by atoms with E-state index < -0.39 is 0 Å². The predicted octanol–water partition coefficient (Wildman–Crippen LogP) is 2.66. The highest BCUT2D eigenvalue weighted by Gasteiger charge is 2.19. The second-order valence-corrected chi connectivity index (χ2v) is 7.19. The summed E-state index contributed by atoms with van der Waals surface area (Å²) in [7, 11) is 1.68. The van der Waals surface area contributed by atoms with Crippen LogP contribution in [0.3, 0.4) is 0 Å². The molecular weight excluding hydrogens is 410 g/mol. The van der Waals surface area contributed by atoms with Crippen molar-refractivity contribution in [3.05, 3.63) is 63.7 Å². The molecule has 1 fully saturated rings. The highest BCUT2D eigenvalue weighted by Crippen LogP contribution is 2.30. The number of benzene rings is 2. The number of halogens is 1. The van der Waals surface area contributed by atoms with E-state index in [0.717, 1.165) is 47.8 Å². The van der Waals surface area contributed by atoms with Gasteiger partial charge in [-0.1, -0.05) is 0 Å². The minimum atomic E-state index is -0.247. The molecule has 7 nitrogen and oxygen atoms in total. The molecule has 27 heavy (non-hydrogen) atoms. The summed E-state index contributed by atoms with van der Waals surface area (Å²) in [5.74, 6) is 0.873. The third kappa shape index (κ3) is 3.57. The van der Waals surface area contributed by atoms with Gasteiger partial charge in [0.1, 0.15) is 12.1 Å². The number of piperazine rings is 1. The van der Waals surface area contributed by atoms with Crippen LogP contribution in [0.5, 0.6) is 5.75 Å². The zero-order valence-electron chi connectivity index (χ0n) is 14.9. The molecule has 8 heteroatoms. The number of ether oxygens (including phenoxy) is 1. The largest absolute Gasteiger partial charge is 0.497 e. The van der Waals surface area contributed by atoms with Crippen molar-refractivity contribution in [2.45, 2.75) is 0 Å². The van der Waals surface area contributed by atoms with Gasteiger partial charge in [-0.05, 0) is 58.4 Å². The van der Waals surface area contributed by atoms with Crippen molar-refractivity contribution in [2.75, 3.05) is 43.1 Å². The van der Waals surface area contributed by atoms with E-state index in [1.165, 1.54) is 16.6 Å². The average Bonchev–Trinajstić information content (AvgIpc) is 3.14. The number of rotatable bonds is 4. The second-order valence-electron chi connectivity index (χ2n) is 6.34. The maximum atomic E-state index is 11.7. The number of anilines is 2. The summed E-state index contributed by atoms with van der Waals surface area (Å²) in [6.45, 7) is 3.74. The lowest BCUT2D eigenvalue weighted by atomic mass is 10.2. The molecule has 0 spiro atoms. The number of aromatic amines is 1. The van der Waals surface area contributed by atoms with Gasteiger partial charge in [-0.15, -0.1) is 0 Å². The molecule has 0 amide bonds. The predicted molar refractivity (Wildman–Crippen MR) is 109 cm³/mol. The highest BCUT2D eigenvalue weighted by molar-refractivity contribution is 9.10. The van der Waals surface area contributed by atoms with Gasteiger partial charge in [0.15, 0.2) is 0 Å². The zero-order valence-corrected chi connectivity index (χ0v) is 16.5. The third-order valence-corrected chi connectivity index (χ3v) is 5.45. The molecular formula is C19H20BrN5O2. The summed E-state index contributed by atoms with van der Waals surface area (Å²) < 4.78 is 7.68. The van der Waals surface area contributed by atoms with Crippen molar-refractivity contribution in [1.29, 1.82) is 0 Å². The Balaban J connectivity index is 1.46. The van der Waals surface area contributed by atoms with Crippen molar-refractivity contribution in [1.82, 2.24) is 14.8 Å². The molecule has 1 saturated heterocycles. The molecule has 1 aliphatic rings. The normalized spacial score (nSPS) is 14.4. The molecule has 2 aromatic carbocycles. The Hall–Kier alpha value is -2.74. The first-order valence-electron chi connectivity index (χ1n) is 8.71. The molecule has 0 atom stereocenters. The first kappa shape index (κ1) is 17.7. The second kappa shape index (κ2) is 7.48. The summed E-state index contributed by atoms with van der Waals surface area (Å²) in [6, 6.07) is 14.1. The summed E-state index contributed by atoms with van der Waals surface area (Å²) in [5.41, 5.74) is 2.87. The molecule has 1 aromatic heterocycles. The van der Waals surface area contributed by atoms with E-state index in [2.05, 4.69) is 48.1 Å². The molecule has 1 N–H and O–H groups in total. The van der Waals surface area contributed by atoms with Gasteiger partial charge in [-0.2, -0.15) is 5.10 Å². The lowest BCUT2D eigenvalue weighted by molar-refractivity contribution is 0.415. The van der Waals surface area contributed by atoms with E-state index in [4.69, 9.17) is 4.74 Å². The van der Waals surface area contributed by atoms with Gasteiger partial charge in [-0.3, -0.25) is 0 Å².